The van der Waals surface area contributed by atoms with Crippen molar-refractivity contribution in [3.8, 4) is 5.75 Å². The molecule has 0 bridgehead atoms. The molecule has 3 aromatic rings. The predicted molar refractivity (Wildman–Crippen MR) is 114 cm³/mol. The Balaban J connectivity index is 1.67. The molecule has 0 aliphatic heterocycles. The number of fused-ring (bicyclic) bond motifs is 1. The number of nitrogens with one attached hydrogen (secondary N) is 1. The van der Waals surface area contributed by atoms with Gasteiger partial charge in [-0.2, -0.15) is 0 Å². The van der Waals surface area contributed by atoms with E-state index < -0.39 is 0 Å². The summed E-state index contributed by atoms with van der Waals surface area (Å²) in [5, 5.41) is 3.87. The predicted octanol–water partition coefficient (Wildman–Crippen LogP) is 3.28. The van der Waals surface area contributed by atoms with Gasteiger partial charge in [-0.3, -0.25) is 14.6 Å². The molecule has 6 nitrogen and oxygen atoms in total. The fourth-order valence-electron chi connectivity index (χ4n) is 3.36. The van der Waals surface area contributed by atoms with Crippen LogP contribution in [-0.2, 0) is 17.8 Å². The first kappa shape index (κ1) is 20.6. The summed E-state index contributed by atoms with van der Waals surface area (Å²) in [4.78, 5) is 28.8. The Kier molecular flexibility index (Phi) is 6.65. The number of aryl methyl sites for hydroxylation is 1. The average Bonchev–Trinajstić information content (AvgIpc) is 2.72. The van der Waals surface area contributed by atoms with Crippen molar-refractivity contribution in [3.05, 3.63) is 70.3 Å². The van der Waals surface area contributed by atoms with Crippen molar-refractivity contribution in [1.82, 2.24) is 14.9 Å². The third-order valence-corrected chi connectivity index (χ3v) is 4.85. The van der Waals surface area contributed by atoms with Crippen molar-refractivity contribution in [3.63, 3.8) is 0 Å². The molecule has 0 aliphatic rings. The van der Waals surface area contributed by atoms with Gasteiger partial charge in [0.2, 0.25) is 0 Å². The summed E-state index contributed by atoms with van der Waals surface area (Å²) in [5.74, 6) is 0.623. The fourth-order valence-corrected chi connectivity index (χ4v) is 3.36. The van der Waals surface area contributed by atoms with Crippen molar-refractivity contribution in [1.29, 1.82) is 0 Å². The van der Waals surface area contributed by atoms with Crippen LogP contribution in [0.3, 0.4) is 0 Å². The average molecular weight is 393 g/mol. The summed E-state index contributed by atoms with van der Waals surface area (Å²) in [6.45, 7) is 7.09. The van der Waals surface area contributed by atoms with Gasteiger partial charge in [0.15, 0.2) is 6.61 Å². The Morgan fingerprint density at radius 1 is 1.21 bits per heavy atom. The molecular weight excluding hydrogens is 366 g/mol. The number of nitrogens with zero attached hydrogens (tertiary/aromatic N) is 2. The van der Waals surface area contributed by atoms with Crippen molar-refractivity contribution < 1.29 is 9.53 Å². The second-order valence-corrected chi connectivity index (χ2v) is 7.23. The normalized spacial score (nSPS) is 11.0. The Morgan fingerprint density at radius 3 is 2.72 bits per heavy atom. The van der Waals surface area contributed by atoms with E-state index in [1.807, 2.05) is 43.3 Å². The highest BCUT2D eigenvalue weighted by Gasteiger charge is 2.12. The molecule has 0 radical (unpaired) electrons. The minimum atomic E-state index is -0.190. The smallest absolute Gasteiger partial charge is 0.257 e. The first-order chi connectivity index (χ1) is 14.0. The van der Waals surface area contributed by atoms with Gasteiger partial charge >= 0.3 is 0 Å². The lowest BCUT2D eigenvalue weighted by Gasteiger charge is -2.15. The standard InChI is InChI=1S/C23H27N3O3/c1-4-26-21-13-18(8-9-19(21)20(16(2)3)14-23(26)28)29-15-22(27)25-12-10-17-7-5-6-11-24-17/h5-9,11,13-14,16H,4,10,12,15H2,1-3H3,(H,25,27). The quantitative estimate of drug-likeness (QED) is 0.637. The monoisotopic (exact) mass is 393 g/mol. The lowest BCUT2D eigenvalue weighted by molar-refractivity contribution is -0.123. The molecule has 29 heavy (non-hydrogen) atoms. The summed E-state index contributed by atoms with van der Waals surface area (Å²) in [6.07, 6.45) is 2.41. The number of carbonyl (C=O) groups excluding carboxylic acids is 1. The summed E-state index contributed by atoms with van der Waals surface area (Å²) >= 11 is 0. The fraction of sp³-hybridized carbons (Fsp3) is 0.348. The van der Waals surface area contributed by atoms with E-state index in [1.165, 1.54) is 0 Å². The van der Waals surface area contributed by atoms with Gasteiger partial charge in [0.25, 0.3) is 11.5 Å². The van der Waals surface area contributed by atoms with Gasteiger partial charge in [0, 0.05) is 48.9 Å². The number of rotatable bonds is 8. The summed E-state index contributed by atoms with van der Waals surface area (Å²) < 4.78 is 7.40. The number of aromatic nitrogens is 2. The van der Waals surface area contributed by atoms with Crippen LogP contribution >= 0.6 is 0 Å². The molecule has 3 rings (SSSR count). The molecule has 0 saturated heterocycles. The molecule has 0 unspecified atom stereocenters. The van der Waals surface area contributed by atoms with Crippen LogP contribution in [0.1, 0.15) is 37.9 Å². The molecular formula is C23H27N3O3. The zero-order valence-electron chi connectivity index (χ0n) is 17.1. The van der Waals surface area contributed by atoms with E-state index >= 15 is 0 Å². The molecule has 1 N–H and O–H groups in total. The van der Waals surface area contributed by atoms with Gasteiger partial charge in [0.1, 0.15) is 5.75 Å². The second-order valence-electron chi connectivity index (χ2n) is 7.23. The number of ether oxygens (including phenoxy) is 1. The molecule has 0 spiro atoms. The third kappa shape index (κ3) is 5.02. The first-order valence-corrected chi connectivity index (χ1v) is 9.96. The van der Waals surface area contributed by atoms with E-state index in [9.17, 15) is 9.59 Å². The molecule has 152 valence electrons. The Morgan fingerprint density at radius 2 is 2.03 bits per heavy atom. The van der Waals surface area contributed by atoms with E-state index in [1.54, 1.807) is 16.8 Å². The number of benzene rings is 1. The maximum absolute atomic E-state index is 12.5. The highest BCUT2D eigenvalue weighted by atomic mass is 16.5. The molecule has 0 fully saturated rings. The van der Waals surface area contributed by atoms with E-state index in [-0.39, 0.29) is 24.0 Å². The Hall–Kier alpha value is -3.15. The minimum Gasteiger partial charge on any atom is -0.484 e. The summed E-state index contributed by atoms with van der Waals surface area (Å²) in [7, 11) is 0. The first-order valence-electron chi connectivity index (χ1n) is 9.96. The SMILES string of the molecule is CCn1c(=O)cc(C(C)C)c2ccc(OCC(=O)NCCc3ccccn3)cc21. The highest BCUT2D eigenvalue weighted by molar-refractivity contribution is 5.84. The maximum Gasteiger partial charge on any atom is 0.257 e. The van der Waals surface area contributed by atoms with Crippen LogP contribution in [0.25, 0.3) is 10.9 Å². The van der Waals surface area contributed by atoms with Gasteiger partial charge in [0.05, 0.1) is 5.52 Å². The lowest BCUT2D eigenvalue weighted by Crippen LogP contribution is -2.30. The van der Waals surface area contributed by atoms with Crippen molar-refractivity contribution in [2.24, 2.45) is 0 Å². The van der Waals surface area contributed by atoms with E-state index in [0.717, 1.165) is 22.2 Å². The molecule has 6 heteroatoms. The van der Waals surface area contributed by atoms with Gasteiger partial charge in [-0.05, 0) is 42.7 Å². The van der Waals surface area contributed by atoms with Gasteiger partial charge in [-0.25, -0.2) is 0 Å². The largest absolute Gasteiger partial charge is 0.484 e. The zero-order chi connectivity index (χ0) is 20.8. The van der Waals surface area contributed by atoms with E-state index in [2.05, 4.69) is 24.1 Å². The molecule has 2 heterocycles. The number of hydrogen-bond donors (Lipinski definition) is 1. The minimum absolute atomic E-state index is 0.0203. The van der Waals surface area contributed by atoms with E-state index in [0.29, 0.717) is 25.3 Å². The van der Waals surface area contributed by atoms with Gasteiger partial charge in [-0.1, -0.05) is 19.9 Å². The van der Waals surface area contributed by atoms with Crippen molar-refractivity contribution in [2.45, 2.75) is 39.7 Å². The maximum atomic E-state index is 12.5. The topological polar surface area (TPSA) is 73.2 Å². The summed E-state index contributed by atoms with van der Waals surface area (Å²) in [6, 6.07) is 13.1. The van der Waals surface area contributed by atoms with Crippen LogP contribution in [0.4, 0.5) is 0 Å². The van der Waals surface area contributed by atoms with Crippen LogP contribution in [-0.4, -0.2) is 28.6 Å². The Labute approximate surface area is 170 Å². The van der Waals surface area contributed by atoms with Crippen LogP contribution in [0.5, 0.6) is 5.75 Å². The molecule has 2 aromatic heterocycles. The molecule has 0 aliphatic carbocycles. The van der Waals surface area contributed by atoms with Crippen LogP contribution in [0.15, 0.2) is 53.5 Å². The Bertz CT molecular complexity index is 1040. The summed E-state index contributed by atoms with van der Waals surface area (Å²) in [5.41, 5.74) is 2.76. The van der Waals surface area contributed by atoms with Crippen LogP contribution < -0.4 is 15.6 Å². The second kappa shape index (κ2) is 9.37. The van der Waals surface area contributed by atoms with Crippen LogP contribution in [0.2, 0.25) is 0 Å². The zero-order valence-corrected chi connectivity index (χ0v) is 17.1. The van der Waals surface area contributed by atoms with Crippen molar-refractivity contribution >= 4 is 16.8 Å². The molecule has 1 aromatic carbocycles. The number of carbonyl (C=O) groups is 1. The molecule has 1 amide bonds. The number of hydrogen-bond acceptors (Lipinski definition) is 4. The van der Waals surface area contributed by atoms with Crippen LogP contribution in [0, 0.1) is 0 Å². The van der Waals surface area contributed by atoms with E-state index in [4.69, 9.17) is 4.74 Å². The van der Waals surface area contributed by atoms with Gasteiger partial charge in [-0.15, -0.1) is 0 Å². The highest BCUT2D eigenvalue weighted by Crippen LogP contribution is 2.27. The number of pyridine rings is 2. The molecule has 0 saturated carbocycles. The van der Waals surface area contributed by atoms with Gasteiger partial charge < -0.3 is 14.6 Å². The molecule has 0 atom stereocenters. The lowest BCUT2D eigenvalue weighted by atomic mass is 9.98. The van der Waals surface area contributed by atoms with Crippen molar-refractivity contribution in [2.75, 3.05) is 13.2 Å². The number of amides is 1. The third-order valence-electron chi connectivity index (χ3n) is 4.85.